The van der Waals surface area contributed by atoms with Crippen molar-refractivity contribution in [3.8, 4) is 0 Å². The number of aliphatic carboxylic acids is 2. The Morgan fingerprint density at radius 3 is 1.76 bits per heavy atom. The van der Waals surface area contributed by atoms with Crippen molar-refractivity contribution >= 4 is 23.6 Å². The van der Waals surface area contributed by atoms with Gasteiger partial charge in [0.15, 0.2) is 0 Å². The van der Waals surface area contributed by atoms with Crippen LogP contribution in [-0.2, 0) is 19.2 Å². The SMILES string of the molecule is CC(=O)C(=O)O.[NH-][C@@H](CCC(N)=O)C(=O)O.[Na+]. The van der Waals surface area contributed by atoms with E-state index in [0.717, 1.165) is 6.92 Å². The van der Waals surface area contributed by atoms with Gasteiger partial charge in [-0.05, 0) is 6.04 Å². The number of primary amides is 1. The van der Waals surface area contributed by atoms with Crippen LogP contribution in [0.3, 0.4) is 0 Å². The molecule has 0 fully saturated rings. The minimum absolute atomic E-state index is 0. The summed E-state index contributed by atoms with van der Waals surface area (Å²) in [5, 5.41) is 15.8. The van der Waals surface area contributed by atoms with E-state index in [2.05, 4.69) is 0 Å². The fourth-order valence-electron chi connectivity index (χ4n) is 0.410. The number of carbonyl (C=O) groups excluding carboxylic acids is 2. The van der Waals surface area contributed by atoms with E-state index in [-0.39, 0.29) is 42.4 Å². The zero-order chi connectivity index (χ0) is 13.3. The molecule has 1 amide bonds. The Labute approximate surface area is 120 Å². The zero-order valence-corrected chi connectivity index (χ0v) is 11.6. The van der Waals surface area contributed by atoms with Crippen molar-refractivity contribution in [2.45, 2.75) is 25.8 Å². The number of rotatable bonds is 5. The summed E-state index contributed by atoms with van der Waals surface area (Å²) in [6.07, 6.45) is -0.0505. The molecular weight excluding hydrogens is 243 g/mol. The predicted molar refractivity (Wildman–Crippen MR) is 52.5 cm³/mol. The van der Waals surface area contributed by atoms with E-state index in [1.165, 1.54) is 0 Å². The molecule has 1 atom stereocenters. The molecule has 92 valence electrons. The molecule has 17 heavy (non-hydrogen) atoms. The van der Waals surface area contributed by atoms with Gasteiger partial charge in [-0.15, -0.1) is 0 Å². The summed E-state index contributed by atoms with van der Waals surface area (Å²) in [6.45, 7) is 1.00. The molecule has 0 aliphatic rings. The third-order valence-corrected chi connectivity index (χ3v) is 1.28. The monoisotopic (exact) mass is 256 g/mol. The van der Waals surface area contributed by atoms with Crippen molar-refractivity contribution in [2.75, 3.05) is 0 Å². The van der Waals surface area contributed by atoms with Crippen molar-refractivity contribution in [3.63, 3.8) is 0 Å². The topological polar surface area (TPSA) is 159 Å². The molecule has 0 aliphatic carbocycles. The van der Waals surface area contributed by atoms with Crippen LogP contribution in [0.25, 0.3) is 5.73 Å². The van der Waals surface area contributed by atoms with Gasteiger partial charge in [0.1, 0.15) is 0 Å². The summed E-state index contributed by atoms with van der Waals surface area (Å²) < 4.78 is 0. The summed E-state index contributed by atoms with van der Waals surface area (Å²) >= 11 is 0. The molecular formula is C8H13N2NaO6. The molecule has 0 saturated carbocycles. The number of carboxylic acid groups (broad SMARTS) is 2. The van der Waals surface area contributed by atoms with Crippen LogP contribution in [0.1, 0.15) is 19.8 Å². The number of carboxylic acids is 2. The molecule has 9 heteroatoms. The maximum atomic E-state index is 10.1. The van der Waals surface area contributed by atoms with Gasteiger partial charge in [-0.25, -0.2) is 4.79 Å². The van der Waals surface area contributed by atoms with Gasteiger partial charge in [0.25, 0.3) is 5.97 Å². The Morgan fingerprint density at radius 2 is 1.59 bits per heavy atom. The van der Waals surface area contributed by atoms with Gasteiger partial charge in [-0.3, -0.25) is 14.4 Å². The number of ketones is 1. The van der Waals surface area contributed by atoms with Crippen LogP contribution < -0.4 is 35.3 Å². The zero-order valence-electron chi connectivity index (χ0n) is 9.60. The van der Waals surface area contributed by atoms with Crippen molar-refractivity contribution < 1.29 is 58.9 Å². The minimum Gasteiger partial charge on any atom is -0.665 e. The molecule has 0 aromatic carbocycles. The fourth-order valence-corrected chi connectivity index (χ4v) is 0.410. The normalized spacial score (nSPS) is 10.0. The Kier molecular flexibility index (Phi) is 14.5. The van der Waals surface area contributed by atoms with E-state index in [9.17, 15) is 19.2 Å². The summed E-state index contributed by atoms with van der Waals surface area (Å²) in [6, 6.07) is -1.23. The summed E-state index contributed by atoms with van der Waals surface area (Å²) in [4.78, 5) is 38.9. The largest absolute Gasteiger partial charge is 1.00 e. The van der Waals surface area contributed by atoms with Gasteiger partial charge in [0, 0.05) is 13.3 Å². The second kappa shape index (κ2) is 11.5. The number of nitrogens with two attached hydrogens (primary N) is 1. The number of hydrogen-bond acceptors (Lipinski definition) is 4. The predicted octanol–water partition coefficient (Wildman–Crippen LogP) is -3.58. The van der Waals surface area contributed by atoms with E-state index in [0.29, 0.717) is 0 Å². The van der Waals surface area contributed by atoms with E-state index >= 15 is 0 Å². The summed E-state index contributed by atoms with van der Waals surface area (Å²) in [7, 11) is 0. The van der Waals surface area contributed by atoms with E-state index in [4.69, 9.17) is 21.7 Å². The minimum atomic E-state index is -1.38. The molecule has 0 radical (unpaired) electrons. The second-order valence-electron chi connectivity index (χ2n) is 2.76. The smallest absolute Gasteiger partial charge is 0.665 e. The van der Waals surface area contributed by atoms with Crippen LogP contribution in [0, 0.1) is 0 Å². The first-order valence-electron chi connectivity index (χ1n) is 4.14. The Hall–Kier alpha value is -0.960. The average Bonchev–Trinajstić information content (AvgIpc) is 2.14. The van der Waals surface area contributed by atoms with Crippen LogP contribution in [0.15, 0.2) is 0 Å². The molecule has 0 rings (SSSR count). The molecule has 8 nitrogen and oxygen atoms in total. The number of amides is 1. The average molecular weight is 256 g/mol. The first-order chi connectivity index (χ1) is 7.18. The number of Topliss-reactive ketones (excluding diaryl/α,β-unsaturated/α-hetero) is 1. The molecule has 0 aromatic heterocycles. The summed E-state index contributed by atoms with van der Waals surface area (Å²) in [5.41, 5.74) is 11.5. The first kappa shape index (κ1) is 21.3. The maximum Gasteiger partial charge on any atom is 1.00 e. The van der Waals surface area contributed by atoms with Crippen LogP contribution in [0.5, 0.6) is 0 Å². The van der Waals surface area contributed by atoms with Gasteiger partial charge in [-0.2, -0.15) is 0 Å². The Balaban J connectivity index is -0.000000244. The van der Waals surface area contributed by atoms with Gasteiger partial charge < -0.3 is 21.7 Å². The molecule has 0 unspecified atom stereocenters. The summed E-state index contributed by atoms with van der Waals surface area (Å²) in [5.74, 6) is -4.00. The van der Waals surface area contributed by atoms with Crippen LogP contribution >= 0.6 is 0 Å². The first-order valence-corrected chi connectivity index (χ1v) is 4.14. The van der Waals surface area contributed by atoms with Crippen molar-refractivity contribution in [1.29, 1.82) is 0 Å². The number of hydrogen-bond donors (Lipinski definition) is 3. The maximum absolute atomic E-state index is 10.1. The van der Waals surface area contributed by atoms with E-state index in [1.807, 2.05) is 0 Å². The molecule has 0 aromatic rings. The van der Waals surface area contributed by atoms with Crippen LogP contribution in [0.4, 0.5) is 0 Å². The van der Waals surface area contributed by atoms with Crippen molar-refractivity contribution in [2.24, 2.45) is 5.73 Å². The van der Waals surface area contributed by atoms with E-state index in [1.54, 1.807) is 0 Å². The molecule has 0 bridgehead atoms. The van der Waals surface area contributed by atoms with Crippen molar-refractivity contribution in [3.05, 3.63) is 5.73 Å². The fraction of sp³-hybridized carbons (Fsp3) is 0.500. The Bertz CT molecular complexity index is 282. The van der Waals surface area contributed by atoms with E-state index < -0.39 is 29.7 Å². The molecule has 5 N–H and O–H groups in total. The van der Waals surface area contributed by atoms with Gasteiger partial charge >= 0.3 is 35.5 Å². The third-order valence-electron chi connectivity index (χ3n) is 1.28. The Morgan fingerprint density at radius 1 is 1.24 bits per heavy atom. The molecule has 0 saturated heterocycles. The van der Waals surface area contributed by atoms with Crippen LogP contribution in [0.2, 0.25) is 0 Å². The third kappa shape index (κ3) is 17.6. The van der Waals surface area contributed by atoms with Crippen LogP contribution in [-0.4, -0.2) is 39.9 Å². The van der Waals surface area contributed by atoms with Crippen molar-refractivity contribution in [1.82, 2.24) is 0 Å². The number of carbonyl (C=O) groups is 4. The standard InChI is InChI=1S/C5H9N2O3.C3H4O3.Na/c6-3(5(9)10)1-2-4(7)8;1-2(4)3(5)6;/h3,6H,1-2H2,(H2,7,8)(H,9,10);1H3,(H,5,6);/q-1;;+1/t3-;;/m0../s1. The second-order valence-corrected chi connectivity index (χ2v) is 2.76. The molecule has 0 aliphatic heterocycles. The van der Waals surface area contributed by atoms with Gasteiger partial charge in [-0.1, -0.05) is 6.42 Å². The van der Waals surface area contributed by atoms with Gasteiger partial charge in [0.05, 0.1) is 0 Å². The molecule has 0 heterocycles. The number of nitrogens with one attached hydrogen (secondary N) is 1. The quantitative estimate of drug-likeness (QED) is 0.340. The molecule has 0 spiro atoms. The van der Waals surface area contributed by atoms with Gasteiger partial charge in [0.2, 0.25) is 11.7 Å².